The van der Waals surface area contributed by atoms with Gasteiger partial charge in [0.1, 0.15) is 12.1 Å². The van der Waals surface area contributed by atoms with Gasteiger partial charge in [0.2, 0.25) is 0 Å². The predicted molar refractivity (Wildman–Crippen MR) is 54.6 cm³/mol. The van der Waals surface area contributed by atoms with Crippen LogP contribution in [-0.2, 0) is 9.53 Å². The van der Waals surface area contributed by atoms with Crippen molar-refractivity contribution >= 4 is 5.97 Å². The molecule has 2 N–H and O–H groups in total. The second-order valence-electron chi connectivity index (χ2n) is 3.47. The third-order valence-corrected chi connectivity index (χ3v) is 2.46. The van der Waals surface area contributed by atoms with E-state index in [0.29, 0.717) is 13.2 Å². The SMILES string of the molecule is O=C(O)C1NCCOC1c1ccccc1. The van der Waals surface area contributed by atoms with Crippen molar-refractivity contribution in [3.63, 3.8) is 0 Å². The van der Waals surface area contributed by atoms with Gasteiger partial charge in [0.25, 0.3) is 0 Å². The van der Waals surface area contributed by atoms with Gasteiger partial charge in [-0.3, -0.25) is 10.1 Å². The van der Waals surface area contributed by atoms with Crippen LogP contribution in [0.5, 0.6) is 0 Å². The fourth-order valence-electron chi connectivity index (χ4n) is 1.75. The zero-order valence-corrected chi connectivity index (χ0v) is 8.22. The minimum Gasteiger partial charge on any atom is -0.480 e. The Bertz CT molecular complexity index is 339. The van der Waals surface area contributed by atoms with Gasteiger partial charge in [-0.1, -0.05) is 30.3 Å². The molecule has 80 valence electrons. The van der Waals surface area contributed by atoms with E-state index in [4.69, 9.17) is 9.84 Å². The van der Waals surface area contributed by atoms with Crippen LogP contribution < -0.4 is 5.32 Å². The van der Waals surface area contributed by atoms with Crippen LogP contribution in [0.4, 0.5) is 0 Å². The first kappa shape index (κ1) is 10.1. The highest BCUT2D eigenvalue weighted by molar-refractivity contribution is 5.74. The highest BCUT2D eigenvalue weighted by atomic mass is 16.5. The second kappa shape index (κ2) is 4.42. The largest absolute Gasteiger partial charge is 0.480 e. The number of nitrogens with one attached hydrogen (secondary N) is 1. The summed E-state index contributed by atoms with van der Waals surface area (Å²) in [6.45, 7) is 1.13. The predicted octanol–water partition coefficient (Wildman–Crippen LogP) is 0.801. The van der Waals surface area contributed by atoms with Crippen molar-refractivity contribution in [1.82, 2.24) is 5.32 Å². The first-order chi connectivity index (χ1) is 7.29. The Kier molecular flexibility index (Phi) is 2.99. The molecule has 15 heavy (non-hydrogen) atoms. The second-order valence-corrected chi connectivity index (χ2v) is 3.47. The van der Waals surface area contributed by atoms with E-state index in [-0.39, 0.29) is 0 Å². The Morgan fingerprint density at radius 1 is 1.40 bits per heavy atom. The Balaban J connectivity index is 2.22. The summed E-state index contributed by atoms with van der Waals surface area (Å²) in [4.78, 5) is 11.0. The molecule has 1 heterocycles. The van der Waals surface area contributed by atoms with Gasteiger partial charge in [0.15, 0.2) is 0 Å². The van der Waals surface area contributed by atoms with Crippen LogP contribution in [0.2, 0.25) is 0 Å². The van der Waals surface area contributed by atoms with Crippen molar-refractivity contribution in [3.8, 4) is 0 Å². The van der Waals surface area contributed by atoms with Gasteiger partial charge in [-0.2, -0.15) is 0 Å². The Hall–Kier alpha value is -1.39. The van der Waals surface area contributed by atoms with Gasteiger partial charge in [0.05, 0.1) is 6.61 Å². The summed E-state index contributed by atoms with van der Waals surface area (Å²) in [5.41, 5.74) is 0.900. The number of ether oxygens (including phenoxy) is 1. The van der Waals surface area contributed by atoms with Gasteiger partial charge in [-0.25, -0.2) is 0 Å². The van der Waals surface area contributed by atoms with Gasteiger partial charge >= 0.3 is 5.97 Å². The number of carboxylic acid groups (broad SMARTS) is 1. The van der Waals surface area contributed by atoms with Gasteiger partial charge in [-0.15, -0.1) is 0 Å². The normalized spacial score (nSPS) is 26.1. The molecule has 0 spiro atoms. The van der Waals surface area contributed by atoms with Crippen LogP contribution in [0.1, 0.15) is 11.7 Å². The minimum atomic E-state index is -0.872. The first-order valence-corrected chi connectivity index (χ1v) is 4.92. The Labute approximate surface area is 87.9 Å². The number of carboxylic acids is 1. The van der Waals surface area contributed by atoms with Crippen molar-refractivity contribution in [2.24, 2.45) is 0 Å². The average molecular weight is 207 g/mol. The van der Waals surface area contributed by atoms with Crippen molar-refractivity contribution in [1.29, 1.82) is 0 Å². The maximum Gasteiger partial charge on any atom is 0.323 e. The molecule has 1 fully saturated rings. The van der Waals surface area contributed by atoms with Gasteiger partial charge < -0.3 is 9.84 Å². The molecule has 2 rings (SSSR count). The maximum atomic E-state index is 11.0. The molecule has 1 aromatic rings. The topological polar surface area (TPSA) is 58.6 Å². The summed E-state index contributed by atoms with van der Waals surface area (Å²) >= 11 is 0. The smallest absolute Gasteiger partial charge is 0.323 e. The van der Waals surface area contributed by atoms with Gasteiger partial charge in [-0.05, 0) is 5.56 Å². The van der Waals surface area contributed by atoms with E-state index in [1.807, 2.05) is 30.3 Å². The van der Waals surface area contributed by atoms with E-state index in [0.717, 1.165) is 5.56 Å². The molecule has 0 aromatic heterocycles. The Morgan fingerprint density at radius 2 is 2.13 bits per heavy atom. The molecule has 0 saturated carbocycles. The van der Waals surface area contributed by atoms with Crippen LogP contribution in [0.15, 0.2) is 30.3 Å². The minimum absolute atomic E-state index is 0.391. The molecule has 1 aliphatic rings. The summed E-state index contributed by atoms with van der Waals surface area (Å²) in [5, 5.41) is 12.0. The van der Waals surface area contributed by atoms with E-state index in [2.05, 4.69) is 5.32 Å². The molecule has 1 aliphatic heterocycles. The van der Waals surface area contributed by atoms with E-state index >= 15 is 0 Å². The fourth-order valence-corrected chi connectivity index (χ4v) is 1.75. The summed E-state index contributed by atoms with van der Waals surface area (Å²) in [5.74, 6) is -0.872. The molecule has 1 aromatic carbocycles. The molecule has 4 nitrogen and oxygen atoms in total. The van der Waals surface area contributed by atoms with Crippen LogP contribution in [0, 0.1) is 0 Å². The van der Waals surface area contributed by atoms with E-state index in [1.165, 1.54) is 0 Å². The van der Waals surface area contributed by atoms with Crippen LogP contribution in [0.3, 0.4) is 0 Å². The molecule has 0 bridgehead atoms. The van der Waals surface area contributed by atoms with Crippen molar-refractivity contribution in [2.45, 2.75) is 12.1 Å². The number of morpholine rings is 1. The van der Waals surface area contributed by atoms with Crippen LogP contribution in [0.25, 0.3) is 0 Å². The van der Waals surface area contributed by atoms with Crippen molar-refractivity contribution in [3.05, 3.63) is 35.9 Å². The zero-order chi connectivity index (χ0) is 10.7. The quantitative estimate of drug-likeness (QED) is 0.753. The lowest BCUT2D eigenvalue weighted by Crippen LogP contribution is -2.48. The number of benzene rings is 1. The maximum absolute atomic E-state index is 11.0. The molecule has 0 aliphatic carbocycles. The highest BCUT2D eigenvalue weighted by Gasteiger charge is 2.32. The molecule has 1 saturated heterocycles. The van der Waals surface area contributed by atoms with Crippen molar-refractivity contribution in [2.75, 3.05) is 13.2 Å². The summed E-state index contributed by atoms with van der Waals surface area (Å²) < 4.78 is 5.49. The number of aliphatic carboxylic acids is 1. The lowest BCUT2D eigenvalue weighted by Gasteiger charge is -2.30. The molecule has 0 amide bonds. The fraction of sp³-hybridized carbons (Fsp3) is 0.364. The molecule has 2 atom stereocenters. The standard InChI is InChI=1S/C11H13NO3/c13-11(14)9-10(15-7-6-12-9)8-4-2-1-3-5-8/h1-5,9-10,12H,6-7H2,(H,13,14). The van der Waals surface area contributed by atoms with Gasteiger partial charge in [0, 0.05) is 6.54 Å². The van der Waals surface area contributed by atoms with E-state index < -0.39 is 18.1 Å². The Morgan fingerprint density at radius 3 is 2.80 bits per heavy atom. The number of hydrogen-bond acceptors (Lipinski definition) is 3. The third kappa shape index (κ3) is 2.16. The molecular weight excluding hydrogens is 194 g/mol. The van der Waals surface area contributed by atoms with E-state index in [1.54, 1.807) is 0 Å². The lowest BCUT2D eigenvalue weighted by molar-refractivity contribution is -0.146. The number of hydrogen-bond donors (Lipinski definition) is 2. The van der Waals surface area contributed by atoms with Crippen LogP contribution in [-0.4, -0.2) is 30.3 Å². The molecule has 2 unspecified atom stereocenters. The molecular formula is C11H13NO3. The lowest BCUT2D eigenvalue weighted by atomic mass is 10.0. The molecule has 4 heteroatoms. The molecule has 0 radical (unpaired) electrons. The monoisotopic (exact) mass is 207 g/mol. The highest BCUT2D eigenvalue weighted by Crippen LogP contribution is 2.23. The van der Waals surface area contributed by atoms with E-state index in [9.17, 15) is 4.79 Å². The zero-order valence-electron chi connectivity index (χ0n) is 8.22. The summed E-state index contributed by atoms with van der Waals surface area (Å²) in [6.07, 6.45) is -0.391. The van der Waals surface area contributed by atoms with Crippen molar-refractivity contribution < 1.29 is 14.6 Å². The summed E-state index contributed by atoms with van der Waals surface area (Å²) in [7, 11) is 0. The number of carbonyl (C=O) groups is 1. The first-order valence-electron chi connectivity index (χ1n) is 4.92. The number of rotatable bonds is 2. The third-order valence-electron chi connectivity index (χ3n) is 2.46. The van der Waals surface area contributed by atoms with Crippen LogP contribution >= 0.6 is 0 Å². The average Bonchev–Trinajstić information content (AvgIpc) is 2.30. The summed E-state index contributed by atoms with van der Waals surface area (Å²) in [6, 6.07) is 8.77.